The van der Waals surface area contributed by atoms with Crippen LogP contribution in [-0.4, -0.2) is 53.6 Å². The highest BCUT2D eigenvalue weighted by molar-refractivity contribution is 5.54. The zero-order valence-corrected chi connectivity index (χ0v) is 13.3. The van der Waals surface area contributed by atoms with Gasteiger partial charge in [0.1, 0.15) is 0 Å². The van der Waals surface area contributed by atoms with Gasteiger partial charge in [0, 0.05) is 19.2 Å². The van der Waals surface area contributed by atoms with Crippen LogP contribution in [-0.2, 0) is 17.7 Å². The normalized spacial score (nSPS) is 12.8. The summed E-state index contributed by atoms with van der Waals surface area (Å²) < 4.78 is 10.2. The van der Waals surface area contributed by atoms with Crippen molar-refractivity contribution in [2.45, 2.75) is 26.0 Å². The minimum atomic E-state index is -0.529. The molecule has 2 rings (SSSR count). The van der Waals surface area contributed by atoms with Crippen LogP contribution in [0, 0.1) is 0 Å². The molecule has 0 radical (unpaired) electrons. The van der Waals surface area contributed by atoms with Gasteiger partial charge in [-0.3, -0.25) is 4.90 Å². The van der Waals surface area contributed by atoms with E-state index in [0.29, 0.717) is 31.4 Å². The van der Waals surface area contributed by atoms with Crippen LogP contribution in [0.1, 0.15) is 18.4 Å². The number of hydrogen-bond donors (Lipinski definition) is 1. The predicted molar refractivity (Wildman–Crippen MR) is 83.3 cm³/mol. The van der Waals surface area contributed by atoms with Crippen LogP contribution in [0.4, 0.5) is 0 Å². The Balaban J connectivity index is 1.95. The van der Waals surface area contributed by atoms with E-state index in [4.69, 9.17) is 9.26 Å². The summed E-state index contributed by atoms with van der Waals surface area (Å²) in [4.78, 5) is 6.31. The van der Waals surface area contributed by atoms with Crippen LogP contribution in [0.2, 0.25) is 0 Å². The number of methoxy groups -OCH3 is 1. The molecule has 1 unspecified atom stereocenters. The summed E-state index contributed by atoms with van der Waals surface area (Å²) in [7, 11) is 3.45. The van der Waals surface area contributed by atoms with Crippen LogP contribution in [0.5, 0.6) is 0 Å². The first-order valence-corrected chi connectivity index (χ1v) is 7.39. The number of rotatable bonds is 8. The van der Waals surface area contributed by atoms with Crippen molar-refractivity contribution in [3.8, 4) is 11.4 Å². The molecule has 1 aromatic heterocycles. The van der Waals surface area contributed by atoms with Crippen molar-refractivity contribution in [3.05, 3.63) is 35.7 Å². The molecule has 0 saturated carbocycles. The molecule has 0 fully saturated rings. The maximum atomic E-state index is 9.70. The third-order valence-corrected chi connectivity index (χ3v) is 3.38. The second-order valence-electron chi connectivity index (χ2n) is 5.37. The quantitative estimate of drug-likeness (QED) is 0.801. The first-order chi connectivity index (χ1) is 10.6. The number of aryl methyl sites for hydroxylation is 1. The Morgan fingerprint density at radius 1 is 1.32 bits per heavy atom. The van der Waals surface area contributed by atoms with Crippen molar-refractivity contribution in [2.24, 2.45) is 0 Å². The monoisotopic (exact) mass is 305 g/mol. The van der Waals surface area contributed by atoms with Crippen molar-refractivity contribution in [2.75, 3.05) is 27.3 Å². The fraction of sp³-hybridized carbons (Fsp3) is 0.500. The summed E-state index contributed by atoms with van der Waals surface area (Å²) in [5.41, 5.74) is 2.22. The van der Waals surface area contributed by atoms with Gasteiger partial charge in [-0.15, -0.1) is 0 Å². The van der Waals surface area contributed by atoms with Gasteiger partial charge in [0.25, 0.3) is 0 Å². The second kappa shape index (κ2) is 8.03. The summed E-state index contributed by atoms with van der Waals surface area (Å²) >= 11 is 0. The van der Waals surface area contributed by atoms with Gasteiger partial charge in [0.15, 0.2) is 0 Å². The molecule has 0 bridgehead atoms. The second-order valence-corrected chi connectivity index (χ2v) is 5.37. The molecule has 22 heavy (non-hydrogen) atoms. The number of benzene rings is 1. The molecule has 1 N–H and O–H groups in total. The van der Waals surface area contributed by atoms with Crippen molar-refractivity contribution in [1.29, 1.82) is 0 Å². The topological polar surface area (TPSA) is 71.6 Å². The minimum Gasteiger partial charge on any atom is -0.389 e. The van der Waals surface area contributed by atoms with Gasteiger partial charge in [-0.2, -0.15) is 4.98 Å². The van der Waals surface area contributed by atoms with Crippen LogP contribution in [0.3, 0.4) is 0 Å². The molecule has 6 heteroatoms. The highest BCUT2D eigenvalue weighted by Crippen LogP contribution is 2.17. The molecular weight excluding hydrogens is 282 g/mol. The third kappa shape index (κ3) is 4.62. The standard InChI is InChI=1S/C16H23N3O3/c1-4-12-5-7-13(8-6-12)16-17-15(22-18-16)10-19(2)9-14(20)11-21-3/h5-8,14,20H,4,9-11H2,1-3H3. The van der Waals surface area contributed by atoms with Gasteiger partial charge >= 0.3 is 0 Å². The highest BCUT2D eigenvalue weighted by Gasteiger charge is 2.13. The van der Waals surface area contributed by atoms with Gasteiger partial charge in [-0.05, 0) is 19.0 Å². The molecule has 0 spiro atoms. The van der Waals surface area contributed by atoms with Gasteiger partial charge in [-0.1, -0.05) is 36.3 Å². The van der Waals surface area contributed by atoms with Crippen LogP contribution in [0.15, 0.2) is 28.8 Å². The molecule has 6 nitrogen and oxygen atoms in total. The van der Waals surface area contributed by atoms with Crippen molar-refractivity contribution >= 4 is 0 Å². The Morgan fingerprint density at radius 2 is 2.05 bits per heavy atom. The Kier molecular flexibility index (Phi) is 6.06. The lowest BCUT2D eigenvalue weighted by Gasteiger charge is -2.17. The van der Waals surface area contributed by atoms with E-state index in [1.807, 2.05) is 24.1 Å². The molecule has 0 saturated heterocycles. The summed E-state index contributed by atoms with van der Waals surface area (Å²) in [5.74, 6) is 1.12. The molecule has 1 heterocycles. The Morgan fingerprint density at radius 3 is 2.68 bits per heavy atom. The zero-order valence-electron chi connectivity index (χ0n) is 13.3. The van der Waals surface area contributed by atoms with E-state index >= 15 is 0 Å². The summed E-state index contributed by atoms with van der Waals surface area (Å²) in [6.07, 6.45) is 0.478. The van der Waals surface area contributed by atoms with E-state index in [0.717, 1.165) is 12.0 Å². The lowest BCUT2D eigenvalue weighted by Crippen LogP contribution is -2.31. The van der Waals surface area contributed by atoms with Crippen molar-refractivity contribution in [3.63, 3.8) is 0 Å². The molecule has 120 valence electrons. The average molecular weight is 305 g/mol. The number of aromatic nitrogens is 2. The van der Waals surface area contributed by atoms with E-state index in [-0.39, 0.29) is 0 Å². The third-order valence-electron chi connectivity index (χ3n) is 3.38. The molecule has 0 aliphatic heterocycles. The zero-order chi connectivity index (χ0) is 15.9. The summed E-state index contributed by atoms with van der Waals surface area (Å²) in [6, 6.07) is 8.14. The number of ether oxygens (including phenoxy) is 1. The molecule has 1 atom stereocenters. The molecule has 0 aliphatic carbocycles. The van der Waals surface area contributed by atoms with Crippen LogP contribution < -0.4 is 0 Å². The first kappa shape index (κ1) is 16.6. The lowest BCUT2D eigenvalue weighted by atomic mass is 10.1. The maximum absolute atomic E-state index is 9.70. The number of aliphatic hydroxyl groups is 1. The number of hydrogen-bond acceptors (Lipinski definition) is 6. The first-order valence-electron chi connectivity index (χ1n) is 7.39. The van der Waals surface area contributed by atoms with E-state index in [1.54, 1.807) is 7.11 Å². The maximum Gasteiger partial charge on any atom is 0.241 e. The van der Waals surface area contributed by atoms with E-state index in [1.165, 1.54) is 5.56 Å². The lowest BCUT2D eigenvalue weighted by molar-refractivity contribution is 0.0400. The number of likely N-dealkylation sites (N-methyl/N-ethyl adjacent to an activating group) is 1. The molecular formula is C16H23N3O3. The van der Waals surface area contributed by atoms with Crippen LogP contribution >= 0.6 is 0 Å². The molecule has 2 aromatic rings. The molecule has 0 amide bonds. The summed E-state index contributed by atoms with van der Waals surface area (Å²) in [5, 5.41) is 13.7. The van der Waals surface area contributed by atoms with Gasteiger partial charge in [0.2, 0.25) is 11.7 Å². The fourth-order valence-electron chi connectivity index (χ4n) is 2.23. The number of aliphatic hydroxyl groups excluding tert-OH is 1. The minimum absolute atomic E-state index is 0.309. The SMILES string of the molecule is CCc1ccc(-c2noc(CN(C)CC(O)COC)n2)cc1. The van der Waals surface area contributed by atoms with E-state index in [2.05, 4.69) is 29.2 Å². The molecule has 0 aliphatic rings. The van der Waals surface area contributed by atoms with E-state index in [9.17, 15) is 5.11 Å². The van der Waals surface area contributed by atoms with Crippen molar-refractivity contribution in [1.82, 2.24) is 15.0 Å². The Bertz CT molecular complexity index is 568. The van der Waals surface area contributed by atoms with Gasteiger partial charge < -0.3 is 14.4 Å². The van der Waals surface area contributed by atoms with E-state index < -0.39 is 6.10 Å². The largest absolute Gasteiger partial charge is 0.389 e. The predicted octanol–water partition coefficient (Wildman–Crippen LogP) is 1.74. The van der Waals surface area contributed by atoms with Gasteiger partial charge in [-0.25, -0.2) is 0 Å². The Labute approximate surface area is 130 Å². The average Bonchev–Trinajstić information content (AvgIpc) is 2.95. The van der Waals surface area contributed by atoms with Crippen LogP contribution in [0.25, 0.3) is 11.4 Å². The Hall–Kier alpha value is -1.76. The van der Waals surface area contributed by atoms with Gasteiger partial charge in [0.05, 0.1) is 19.3 Å². The van der Waals surface area contributed by atoms with Crippen molar-refractivity contribution < 1.29 is 14.4 Å². The highest BCUT2D eigenvalue weighted by atomic mass is 16.5. The fourth-order valence-corrected chi connectivity index (χ4v) is 2.23. The smallest absolute Gasteiger partial charge is 0.241 e. The number of nitrogens with zero attached hydrogens (tertiary/aromatic N) is 3. The summed E-state index contributed by atoms with van der Waals surface area (Å²) in [6.45, 7) is 3.40. The molecule has 1 aromatic carbocycles.